The van der Waals surface area contributed by atoms with Crippen molar-refractivity contribution >= 4 is 24.4 Å². The molecule has 0 N–H and O–H groups in total. The maximum atomic E-state index is 5.84. The van der Waals surface area contributed by atoms with E-state index in [9.17, 15) is 0 Å². The van der Waals surface area contributed by atoms with E-state index in [0.717, 1.165) is 22.1 Å². The van der Waals surface area contributed by atoms with E-state index in [-0.39, 0.29) is 0 Å². The number of hydrogen-bond donors (Lipinski definition) is 0. The molecular weight excluding hydrogens is 204 g/mol. The largest absolute Gasteiger partial charge is 0.497 e. The van der Waals surface area contributed by atoms with Crippen LogP contribution >= 0.6 is 0 Å². The molecule has 0 saturated carbocycles. The van der Waals surface area contributed by atoms with Crippen LogP contribution in [-0.4, -0.2) is 15.2 Å². The number of ether oxygens (including phenoxy) is 1. The van der Waals surface area contributed by atoms with Gasteiger partial charge in [-0.05, 0) is 24.3 Å². The molecule has 0 unspecified atom stereocenters. The number of methoxy groups -OCH3 is 1. The monoisotopic (exact) mass is 220 g/mol. The van der Waals surface area contributed by atoms with Crippen LogP contribution in [-0.2, 0) is 0 Å². The number of rotatable bonds is 2. The second kappa shape index (κ2) is 3.42. The molecule has 0 saturated heterocycles. The molecule has 0 aliphatic rings. The normalized spacial score (nSPS) is 12.0. The molecule has 1 heterocycles. The molecule has 2 rings (SSSR count). The van der Waals surface area contributed by atoms with E-state index in [1.807, 2.05) is 18.2 Å². The Kier molecular flexibility index (Phi) is 2.35. The molecule has 2 aromatic rings. The highest BCUT2D eigenvalue weighted by molar-refractivity contribution is 6.87. The van der Waals surface area contributed by atoms with E-state index < -0.39 is 8.07 Å². The lowest BCUT2D eigenvalue weighted by Crippen LogP contribution is -2.36. The summed E-state index contributed by atoms with van der Waals surface area (Å²) in [5.74, 6) is 0.880. The molecular formula is C12H16O2Si. The molecule has 2 nitrogen and oxygen atoms in total. The zero-order chi connectivity index (χ0) is 11.1. The Hall–Kier alpha value is -1.22. The molecule has 80 valence electrons. The van der Waals surface area contributed by atoms with Gasteiger partial charge in [0, 0.05) is 5.39 Å². The molecule has 1 aromatic carbocycles. The van der Waals surface area contributed by atoms with Crippen molar-refractivity contribution in [1.29, 1.82) is 0 Å². The van der Waals surface area contributed by atoms with Crippen molar-refractivity contribution < 1.29 is 9.15 Å². The Morgan fingerprint density at radius 1 is 1.13 bits per heavy atom. The second-order valence-electron chi connectivity index (χ2n) is 4.76. The van der Waals surface area contributed by atoms with E-state index in [2.05, 4.69) is 25.7 Å². The summed E-state index contributed by atoms with van der Waals surface area (Å²) in [7, 11) is 0.330. The third-order valence-electron chi connectivity index (χ3n) is 2.46. The van der Waals surface area contributed by atoms with Crippen molar-refractivity contribution in [1.82, 2.24) is 0 Å². The maximum Gasteiger partial charge on any atom is 0.133 e. The lowest BCUT2D eigenvalue weighted by Gasteiger charge is -2.10. The summed E-state index contributed by atoms with van der Waals surface area (Å²) >= 11 is 0. The Balaban J connectivity index is 2.56. The van der Waals surface area contributed by atoms with Crippen LogP contribution in [0.3, 0.4) is 0 Å². The van der Waals surface area contributed by atoms with Crippen LogP contribution in [0, 0.1) is 0 Å². The van der Waals surface area contributed by atoms with Crippen molar-refractivity contribution in [3.05, 3.63) is 24.3 Å². The van der Waals surface area contributed by atoms with E-state index in [1.165, 1.54) is 0 Å². The predicted octanol–water partition coefficient (Wildman–Crippen LogP) is 2.99. The minimum Gasteiger partial charge on any atom is -0.497 e. The Morgan fingerprint density at radius 3 is 2.47 bits per heavy atom. The molecule has 0 spiro atoms. The minimum atomic E-state index is -1.35. The van der Waals surface area contributed by atoms with Gasteiger partial charge in [-0.2, -0.15) is 0 Å². The Morgan fingerprint density at radius 2 is 1.87 bits per heavy atom. The SMILES string of the molecule is COc1ccc2oc([Si](C)(C)C)cc2c1. The first kappa shape index (κ1) is 10.3. The second-order valence-corrected chi connectivity index (χ2v) is 9.76. The van der Waals surface area contributed by atoms with Crippen molar-refractivity contribution in [2.75, 3.05) is 7.11 Å². The fourth-order valence-corrected chi connectivity index (χ4v) is 2.52. The third-order valence-corrected chi connectivity index (χ3v) is 4.19. The van der Waals surface area contributed by atoms with E-state index >= 15 is 0 Å². The molecule has 3 heteroatoms. The quantitative estimate of drug-likeness (QED) is 0.726. The molecule has 0 atom stereocenters. The molecule has 0 aliphatic carbocycles. The summed E-state index contributed by atoms with van der Waals surface area (Å²) in [6.45, 7) is 6.84. The molecule has 0 fully saturated rings. The minimum absolute atomic E-state index is 0.880. The van der Waals surface area contributed by atoms with Gasteiger partial charge in [0.25, 0.3) is 0 Å². The first-order chi connectivity index (χ1) is 7.00. The fraction of sp³-hybridized carbons (Fsp3) is 0.333. The topological polar surface area (TPSA) is 22.4 Å². The Bertz CT molecular complexity index is 480. The lowest BCUT2D eigenvalue weighted by molar-refractivity contribution is 0.415. The van der Waals surface area contributed by atoms with Gasteiger partial charge in [0.2, 0.25) is 0 Å². The van der Waals surface area contributed by atoms with E-state index in [0.29, 0.717) is 0 Å². The zero-order valence-electron chi connectivity index (χ0n) is 9.63. The Labute approximate surface area is 90.9 Å². The van der Waals surface area contributed by atoms with Crippen LogP contribution in [0.15, 0.2) is 28.7 Å². The van der Waals surface area contributed by atoms with Crippen molar-refractivity contribution in [3.8, 4) is 5.75 Å². The van der Waals surface area contributed by atoms with Gasteiger partial charge in [-0.1, -0.05) is 19.6 Å². The summed E-state index contributed by atoms with van der Waals surface area (Å²) in [5, 5.41) is 2.28. The summed E-state index contributed by atoms with van der Waals surface area (Å²) in [6, 6.07) is 8.06. The van der Waals surface area contributed by atoms with Crippen molar-refractivity contribution in [3.63, 3.8) is 0 Å². The average Bonchev–Trinajstić information content (AvgIpc) is 2.59. The van der Waals surface area contributed by atoms with E-state index in [4.69, 9.17) is 9.15 Å². The van der Waals surface area contributed by atoms with Crippen LogP contribution < -0.4 is 10.1 Å². The van der Waals surface area contributed by atoms with Crippen LogP contribution in [0.25, 0.3) is 11.0 Å². The highest BCUT2D eigenvalue weighted by atomic mass is 28.3. The smallest absolute Gasteiger partial charge is 0.133 e. The molecule has 0 amide bonds. The first-order valence-corrected chi connectivity index (χ1v) is 8.59. The number of hydrogen-bond acceptors (Lipinski definition) is 2. The highest BCUT2D eigenvalue weighted by Crippen LogP contribution is 2.22. The van der Waals surface area contributed by atoms with Gasteiger partial charge in [-0.3, -0.25) is 0 Å². The van der Waals surface area contributed by atoms with Gasteiger partial charge >= 0.3 is 0 Å². The molecule has 0 bridgehead atoms. The predicted molar refractivity (Wildman–Crippen MR) is 65.7 cm³/mol. The summed E-state index contributed by atoms with van der Waals surface area (Å²) in [4.78, 5) is 0. The summed E-state index contributed by atoms with van der Waals surface area (Å²) in [6.07, 6.45) is 0. The molecule has 0 radical (unpaired) electrons. The number of furan rings is 1. The summed E-state index contributed by atoms with van der Waals surface area (Å²) < 4.78 is 11.0. The molecule has 1 aromatic heterocycles. The van der Waals surface area contributed by atoms with Gasteiger partial charge < -0.3 is 9.15 Å². The van der Waals surface area contributed by atoms with Crippen LogP contribution in [0.2, 0.25) is 19.6 Å². The van der Waals surface area contributed by atoms with E-state index in [1.54, 1.807) is 7.11 Å². The zero-order valence-corrected chi connectivity index (χ0v) is 10.6. The standard InChI is InChI=1S/C12H16O2Si/c1-13-10-5-6-11-9(7-10)8-12(14-11)15(2,3)4/h5-8H,1-4H3. The molecule has 0 aliphatic heterocycles. The van der Waals surface area contributed by atoms with Crippen LogP contribution in [0.1, 0.15) is 0 Å². The number of benzene rings is 1. The average molecular weight is 220 g/mol. The van der Waals surface area contributed by atoms with Gasteiger partial charge in [0.05, 0.1) is 12.5 Å². The maximum absolute atomic E-state index is 5.84. The fourth-order valence-electron chi connectivity index (χ4n) is 1.52. The summed E-state index contributed by atoms with van der Waals surface area (Å²) in [5.41, 5.74) is 0.952. The van der Waals surface area contributed by atoms with Crippen molar-refractivity contribution in [2.24, 2.45) is 0 Å². The van der Waals surface area contributed by atoms with Crippen LogP contribution in [0.4, 0.5) is 0 Å². The van der Waals surface area contributed by atoms with Gasteiger partial charge in [0.1, 0.15) is 19.4 Å². The van der Waals surface area contributed by atoms with Gasteiger partial charge in [-0.25, -0.2) is 0 Å². The first-order valence-electron chi connectivity index (χ1n) is 5.09. The number of fused-ring (bicyclic) bond motifs is 1. The van der Waals surface area contributed by atoms with Crippen molar-refractivity contribution in [2.45, 2.75) is 19.6 Å². The lowest BCUT2D eigenvalue weighted by atomic mass is 10.2. The van der Waals surface area contributed by atoms with Gasteiger partial charge in [0.15, 0.2) is 0 Å². The highest BCUT2D eigenvalue weighted by Gasteiger charge is 2.21. The third kappa shape index (κ3) is 1.92. The van der Waals surface area contributed by atoms with Crippen LogP contribution in [0.5, 0.6) is 5.75 Å². The molecule has 15 heavy (non-hydrogen) atoms. The van der Waals surface area contributed by atoms with Gasteiger partial charge in [-0.15, -0.1) is 0 Å².